The number of benzene rings is 1. The lowest BCUT2D eigenvalue weighted by Gasteiger charge is -2.20. The minimum atomic E-state index is -3.42. The van der Waals surface area contributed by atoms with Gasteiger partial charge in [-0.15, -0.1) is 0 Å². The van der Waals surface area contributed by atoms with E-state index < -0.39 is 14.6 Å². The average Bonchev–Trinajstić information content (AvgIpc) is 2.16. The topological polar surface area (TPSA) is 51.2 Å². The van der Waals surface area contributed by atoms with Gasteiger partial charge in [0.25, 0.3) is 0 Å². The fourth-order valence-electron chi connectivity index (χ4n) is 1.12. The second kappa shape index (κ2) is 4.30. The summed E-state index contributed by atoms with van der Waals surface area (Å²) in [5.41, 5.74) is 0.402. The maximum Gasteiger partial charge on any atom is 0.183 e. The molecule has 0 radical (unpaired) electrons. The van der Waals surface area contributed by atoms with E-state index in [2.05, 4.69) is 15.9 Å². The van der Waals surface area contributed by atoms with Gasteiger partial charge in [-0.2, -0.15) is 0 Å². The highest BCUT2D eigenvalue weighted by atomic mass is 79.9. The van der Waals surface area contributed by atoms with Crippen LogP contribution in [0, 0.1) is 0 Å². The van der Waals surface area contributed by atoms with Crippen LogP contribution in [-0.2, 0) is 9.84 Å². The average molecular weight is 305 g/mol. The molecule has 0 fully saturated rings. The first-order valence-electron chi connectivity index (χ1n) is 4.66. The monoisotopic (exact) mass is 304 g/mol. The van der Waals surface area contributed by atoms with Crippen molar-refractivity contribution in [1.29, 1.82) is 0 Å². The van der Waals surface area contributed by atoms with Crippen molar-refractivity contribution < 1.29 is 13.2 Å². The molecule has 0 amide bonds. The molecule has 0 aliphatic rings. The number of hydrogen-bond acceptors (Lipinski definition) is 3. The summed E-state index contributed by atoms with van der Waals surface area (Å²) < 4.78 is 22.5. The van der Waals surface area contributed by atoms with Crippen LogP contribution in [0.4, 0.5) is 0 Å². The Bertz CT molecular complexity index is 501. The molecule has 16 heavy (non-hydrogen) atoms. The van der Waals surface area contributed by atoms with Crippen molar-refractivity contribution in [2.24, 2.45) is 0 Å². The molecular weight excluding hydrogens is 292 g/mol. The first-order valence-corrected chi connectivity index (χ1v) is 7.34. The number of sulfone groups is 1. The van der Waals surface area contributed by atoms with E-state index in [1.807, 2.05) is 0 Å². The number of ketones is 1. The molecule has 0 unspecified atom stereocenters. The summed E-state index contributed by atoms with van der Waals surface area (Å²) >= 11 is 3.25. The van der Waals surface area contributed by atoms with Crippen LogP contribution >= 0.6 is 15.9 Å². The zero-order valence-corrected chi connectivity index (χ0v) is 11.7. The van der Waals surface area contributed by atoms with Gasteiger partial charge in [-0.1, -0.05) is 28.1 Å². The minimum absolute atomic E-state index is 0.387. The quantitative estimate of drug-likeness (QED) is 0.806. The molecule has 0 bridgehead atoms. The Morgan fingerprint density at radius 2 is 1.62 bits per heavy atom. The van der Waals surface area contributed by atoms with Crippen molar-refractivity contribution in [3.05, 3.63) is 34.3 Å². The molecule has 0 spiro atoms. The summed E-state index contributed by atoms with van der Waals surface area (Å²) in [7, 11) is -3.42. The Labute approximate surface area is 104 Å². The van der Waals surface area contributed by atoms with Gasteiger partial charge in [0.05, 0.1) is 0 Å². The second-order valence-corrected chi connectivity index (χ2v) is 7.60. The summed E-state index contributed by atoms with van der Waals surface area (Å²) in [6, 6.07) is 6.65. The summed E-state index contributed by atoms with van der Waals surface area (Å²) in [5, 5.41) is 0. The molecule has 0 saturated heterocycles. The van der Waals surface area contributed by atoms with Crippen LogP contribution < -0.4 is 0 Å². The van der Waals surface area contributed by atoms with Crippen LogP contribution in [0.1, 0.15) is 24.2 Å². The van der Waals surface area contributed by atoms with Crippen molar-refractivity contribution in [2.45, 2.75) is 18.6 Å². The molecule has 0 aliphatic carbocycles. The SMILES string of the molecule is CC(C)(C(=O)c1ccc(Br)cc1)S(C)(=O)=O. The van der Waals surface area contributed by atoms with E-state index >= 15 is 0 Å². The molecule has 0 N–H and O–H groups in total. The van der Waals surface area contributed by atoms with Gasteiger partial charge in [-0.25, -0.2) is 8.42 Å². The van der Waals surface area contributed by atoms with Gasteiger partial charge in [0.1, 0.15) is 4.75 Å². The molecule has 0 aromatic heterocycles. The van der Waals surface area contributed by atoms with Crippen LogP contribution in [-0.4, -0.2) is 25.2 Å². The van der Waals surface area contributed by atoms with Crippen LogP contribution in [0.2, 0.25) is 0 Å². The van der Waals surface area contributed by atoms with Crippen molar-refractivity contribution in [2.75, 3.05) is 6.26 Å². The number of hydrogen-bond donors (Lipinski definition) is 0. The van der Waals surface area contributed by atoms with Crippen molar-refractivity contribution in [3.8, 4) is 0 Å². The lowest BCUT2D eigenvalue weighted by molar-refractivity contribution is 0.0954. The Hall–Kier alpha value is -0.680. The number of carbonyl (C=O) groups excluding carboxylic acids is 1. The number of rotatable bonds is 3. The first-order chi connectivity index (χ1) is 7.16. The molecule has 1 aromatic carbocycles. The van der Waals surface area contributed by atoms with E-state index in [-0.39, 0.29) is 5.78 Å². The predicted molar refractivity (Wildman–Crippen MR) is 67.4 cm³/mol. The predicted octanol–water partition coefficient (Wildman–Crippen LogP) is 2.46. The molecule has 3 nitrogen and oxygen atoms in total. The molecule has 1 rings (SSSR count). The van der Waals surface area contributed by atoms with Gasteiger partial charge in [0, 0.05) is 16.3 Å². The van der Waals surface area contributed by atoms with Gasteiger partial charge < -0.3 is 0 Å². The Morgan fingerprint density at radius 3 is 2.00 bits per heavy atom. The summed E-state index contributed by atoms with van der Waals surface area (Å²) in [4.78, 5) is 12.0. The maximum absolute atomic E-state index is 12.0. The van der Waals surface area contributed by atoms with Crippen LogP contribution in [0.15, 0.2) is 28.7 Å². The summed E-state index contributed by atoms with van der Waals surface area (Å²) in [6.45, 7) is 2.85. The van der Waals surface area contributed by atoms with E-state index in [4.69, 9.17) is 0 Å². The number of halogens is 1. The third kappa shape index (κ3) is 2.52. The molecule has 0 aliphatic heterocycles. The van der Waals surface area contributed by atoms with Gasteiger partial charge in [-0.3, -0.25) is 4.79 Å². The van der Waals surface area contributed by atoms with Crippen LogP contribution in [0.3, 0.4) is 0 Å². The van der Waals surface area contributed by atoms with Gasteiger partial charge in [0.2, 0.25) is 0 Å². The van der Waals surface area contributed by atoms with Crippen LogP contribution in [0.25, 0.3) is 0 Å². The van der Waals surface area contributed by atoms with E-state index in [1.54, 1.807) is 24.3 Å². The summed E-state index contributed by atoms with van der Waals surface area (Å²) in [6.07, 6.45) is 1.07. The molecule has 5 heteroatoms. The second-order valence-electron chi connectivity index (χ2n) is 4.12. The smallest absolute Gasteiger partial charge is 0.183 e. The lowest BCUT2D eigenvalue weighted by atomic mass is 10.0. The number of Topliss-reactive ketones (excluding diaryl/α,β-unsaturated/α-hetero) is 1. The molecule has 88 valence electrons. The Kier molecular flexibility index (Phi) is 3.59. The van der Waals surface area contributed by atoms with Crippen molar-refractivity contribution >= 4 is 31.6 Å². The third-order valence-corrected chi connectivity index (χ3v) is 5.15. The molecule has 0 atom stereocenters. The highest BCUT2D eigenvalue weighted by molar-refractivity contribution is 9.10. The Balaban J connectivity index is 3.18. The van der Waals surface area contributed by atoms with E-state index in [9.17, 15) is 13.2 Å². The standard InChI is InChI=1S/C11H13BrO3S/c1-11(2,16(3,14)15)10(13)8-4-6-9(12)7-5-8/h4-7H,1-3H3. The highest BCUT2D eigenvalue weighted by Gasteiger charge is 2.38. The van der Waals surface area contributed by atoms with Gasteiger partial charge >= 0.3 is 0 Å². The fraction of sp³-hybridized carbons (Fsp3) is 0.364. The van der Waals surface area contributed by atoms with E-state index in [0.717, 1.165) is 10.7 Å². The maximum atomic E-state index is 12.0. The Morgan fingerprint density at radius 1 is 1.19 bits per heavy atom. The lowest BCUT2D eigenvalue weighted by Crippen LogP contribution is -2.39. The minimum Gasteiger partial charge on any atom is -0.292 e. The third-order valence-electron chi connectivity index (χ3n) is 2.58. The van der Waals surface area contributed by atoms with E-state index in [1.165, 1.54) is 13.8 Å². The fourth-order valence-corrected chi connectivity index (χ4v) is 1.84. The van der Waals surface area contributed by atoms with Gasteiger partial charge in [-0.05, 0) is 26.0 Å². The normalized spacial score (nSPS) is 12.5. The van der Waals surface area contributed by atoms with Crippen LogP contribution in [0.5, 0.6) is 0 Å². The zero-order valence-electron chi connectivity index (χ0n) is 9.32. The first kappa shape index (κ1) is 13.4. The summed E-state index contributed by atoms with van der Waals surface area (Å²) in [5.74, 6) is -0.387. The van der Waals surface area contributed by atoms with Gasteiger partial charge in [0.15, 0.2) is 15.6 Å². The molecule has 1 aromatic rings. The largest absolute Gasteiger partial charge is 0.292 e. The number of carbonyl (C=O) groups is 1. The molecular formula is C11H13BrO3S. The zero-order chi connectivity index (χ0) is 12.6. The van der Waals surface area contributed by atoms with Crippen molar-refractivity contribution in [3.63, 3.8) is 0 Å². The molecule has 0 saturated carbocycles. The van der Waals surface area contributed by atoms with E-state index in [0.29, 0.717) is 5.56 Å². The molecule has 0 heterocycles. The van der Waals surface area contributed by atoms with Crippen molar-refractivity contribution in [1.82, 2.24) is 0 Å². The highest BCUT2D eigenvalue weighted by Crippen LogP contribution is 2.22.